The van der Waals surface area contributed by atoms with E-state index in [9.17, 15) is 0 Å². The third-order valence-electron chi connectivity index (χ3n) is 1.65. The predicted molar refractivity (Wildman–Crippen MR) is 38.8 cm³/mol. The predicted octanol–water partition coefficient (Wildman–Crippen LogP) is 1.17. The molecule has 8 heavy (non-hydrogen) atoms. The Morgan fingerprint density at radius 2 is 2.12 bits per heavy atom. The van der Waals surface area contributed by atoms with Crippen molar-refractivity contribution in [2.45, 2.75) is 18.9 Å². The average molecular weight is 129 g/mol. The van der Waals surface area contributed by atoms with Gasteiger partial charge in [0, 0.05) is 6.04 Å². The fraction of sp³-hybridized carbons (Fsp3) is 0.667. The molecule has 1 aliphatic rings. The molecular weight excluding hydrogens is 118 g/mol. The molecule has 0 radical (unpaired) electrons. The van der Waals surface area contributed by atoms with Crippen molar-refractivity contribution < 1.29 is 0 Å². The van der Waals surface area contributed by atoms with Crippen LogP contribution in [0, 0.1) is 5.92 Å². The van der Waals surface area contributed by atoms with E-state index in [1.54, 1.807) is 0 Å². The van der Waals surface area contributed by atoms with Gasteiger partial charge < -0.3 is 5.73 Å². The molecule has 1 saturated carbocycles. The van der Waals surface area contributed by atoms with Crippen LogP contribution in [-0.2, 0) is 0 Å². The molecule has 0 aromatic rings. The summed E-state index contributed by atoms with van der Waals surface area (Å²) in [6.45, 7) is 3.72. The molecule has 0 aromatic heterocycles. The van der Waals surface area contributed by atoms with Crippen molar-refractivity contribution in [2.75, 3.05) is 0 Å². The Balaban J connectivity index is 2.25. The van der Waals surface area contributed by atoms with E-state index >= 15 is 0 Å². The fourth-order valence-corrected chi connectivity index (χ4v) is 1.14. The lowest BCUT2D eigenvalue weighted by Gasteiger charge is -2.31. The zero-order valence-electron chi connectivity index (χ0n) is 4.80. The summed E-state index contributed by atoms with van der Waals surface area (Å²) in [5, 5.41) is 0. The second-order valence-electron chi connectivity index (χ2n) is 2.42. The van der Waals surface area contributed by atoms with Crippen LogP contribution in [0.15, 0.2) is 11.5 Å². The molecule has 2 heteroatoms. The minimum Gasteiger partial charge on any atom is -0.328 e. The first kappa shape index (κ1) is 6.17. The van der Waals surface area contributed by atoms with Crippen LogP contribution in [0.25, 0.3) is 0 Å². The Hall–Kier alpha value is 0.0500. The summed E-state index contributed by atoms with van der Waals surface area (Å²) in [5.74, 6) is 0.605. The number of thiol groups is 1. The maximum Gasteiger partial charge on any atom is 0.00508 e. The van der Waals surface area contributed by atoms with E-state index in [-0.39, 0.29) is 0 Å². The summed E-state index contributed by atoms with van der Waals surface area (Å²) >= 11 is 4.11. The van der Waals surface area contributed by atoms with Gasteiger partial charge in [-0.05, 0) is 23.7 Å². The van der Waals surface area contributed by atoms with Crippen LogP contribution < -0.4 is 5.73 Å². The van der Waals surface area contributed by atoms with Gasteiger partial charge in [-0.2, -0.15) is 0 Å². The second-order valence-corrected chi connectivity index (χ2v) is 2.99. The van der Waals surface area contributed by atoms with E-state index in [1.165, 1.54) is 0 Å². The highest BCUT2D eigenvalue weighted by atomic mass is 32.1. The van der Waals surface area contributed by atoms with E-state index in [1.807, 2.05) is 0 Å². The lowest BCUT2D eigenvalue weighted by molar-refractivity contribution is 0.320. The van der Waals surface area contributed by atoms with Gasteiger partial charge in [0.25, 0.3) is 0 Å². The second kappa shape index (κ2) is 2.11. The smallest absolute Gasteiger partial charge is 0.00508 e. The third kappa shape index (κ3) is 1.06. The van der Waals surface area contributed by atoms with Gasteiger partial charge in [-0.25, -0.2) is 0 Å². The molecule has 0 aromatic carbocycles. The van der Waals surface area contributed by atoms with Crippen LogP contribution in [0.3, 0.4) is 0 Å². The third-order valence-corrected chi connectivity index (χ3v) is 2.01. The van der Waals surface area contributed by atoms with Crippen LogP contribution in [0.5, 0.6) is 0 Å². The molecule has 1 rings (SSSR count). The van der Waals surface area contributed by atoms with Gasteiger partial charge in [0.05, 0.1) is 0 Å². The topological polar surface area (TPSA) is 26.0 Å². The molecule has 0 amide bonds. The summed E-state index contributed by atoms with van der Waals surface area (Å²) in [7, 11) is 0. The van der Waals surface area contributed by atoms with Crippen LogP contribution in [-0.4, -0.2) is 6.04 Å². The number of allylic oxidation sites excluding steroid dienone is 1. The Kier molecular flexibility index (Phi) is 1.63. The Morgan fingerprint density at radius 1 is 1.62 bits per heavy atom. The van der Waals surface area contributed by atoms with Gasteiger partial charge in [-0.3, -0.25) is 0 Å². The molecule has 0 saturated heterocycles. The summed E-state index contributed by atoms with van der Waals surface area (Å²) in [6.07, 6.45) is 2.17. The molecule has 46 valence electrons. The van der Waals surface area contributed by atoms with Crippen LogP contribution in [0.2, 0.25) is 0 Å². The van der Waals surface area contributed by atoms with Gasteiger partial charge in [0.15, 0.2) is 0 Å². The van der Waals surface area contributed by atoms with Gasteiger partial charge in [-0.1, -0.05) is 6.58 Å². The van der Waals surface area contributed by atoms with Crippen molar-refractivity contribution >= 4 is 12.6 Å². The number of hydrogen-bond acceptors (Lipinski definition) is 2. The highest BCUT2D eigenvalue weighted by molar-refractivity contribution is 7.84. The molecule has 1 fully saturated rings. The average Bonchev–Trinajstić information content (AvgIpc) is 1.57. The lowest BCUT2D eigenvalue weighted by atomic mass is 9.81. The summed E-state index contributed by atoms with van der Waals surface area (Å²) < 4.78 is 0. The summed E-state index contributed by atoms with van der Waals surface area (Å²) in [4.78, 5) is 0.992. The lowest BCUT2D eigenvalue weighted by Crippen LogP contribution is -2.36. The van der Waals surface area contributed by atoms with Crippen molar-refractivity contribution in [1.82, 2.24) is 0 Å². The summed E-state index contributed by atoms with van der Waals surface area (Å²) in [5.41, 5.74) is 5.53. The van der Waals surface area contributed by atoms with Crippen molar-refractivity contribution in [1.29, 1.82) is 0 Å². The Labute approximate surface area is 55.4 Å². The first-order valence-electron chi connectivity index (χ1n) is 2.83. The quantitative estimate of drug-likeness (QED) is 0.511. The van der Waals surface area contributed by atoms with Crippen molar-refractivity contribution in [3.8, 4) is 0 Å². The largest absolute Gasteiger partial charge is 0.328 e. The highest BCUT2D eigenvalue weighted by Crippen LogP contribution is 2.32. The molecule has 2 N–H and O–H groups in total. The maximum absolute atomic E-state index is 5.53. The fourth-order valence-electron chi connectivity index (χ4n) is 0.934. The van der Waals surface area contributed by atoms with E-state index in [0.29, 0.717) is 12.0 Å². The minimum absolute atomic E-state index is 0.420. The Bertz CT molecular complexity index is 105. The molecule has 0 aliphatic heterocycles. The molecule has 1 nitrogen and oxygen atoms in total. The van der Waals surface area contributed by atoms with Gasteiger partial charge >= 0.3 is 0 Å². The summed E-state index contributed by atoms with van der Waals surface area (Å²) in [6, 6.07) is 0.420. The van der Waals surface area contributed by atoms with E-state index < -0.39 is 0 Å². The van der Waals surface area contributed by atoms with Gasteiger partial charge in [0.1, 0.15) is 0 Å². The first-order valence-corrected chi connectivity index (χ1v) is 3.28. The van der Waals surface area contributed by atoms with Crippen molar-refractivity contribution in [3.63, 3.8) is 0 Å². The van der Waals surface area contributed by atoms with Gasteiger partial charge in [-0.15, -0.1) is 12.6 Å². The maximum atomic E-state index is 5.53. The first-order chi connectivity index (χ1) is 3.70. The Morgan fingerprint density at radius 3 is 2.25 bits per heavy atom. The standard InChI is InChI=1S/C6H11NS/c1-4(8)5-2-6(7)3-5/h5-6,8H,1-3,7H2. The SMILES string of the molecule is C=C(S)C1CC(N)C1. The van der Waals surface area contributed by atoms with E-state index in [2.05, 4.69) is 19.2 Å². The van der Waals surface area contributed by atoms with Crippen LogP contribution in [0.4, 0.5) is 0 Å². The number of hydrogen-bond donors (Lipinski definition) is 2. The van der Waals surface area contributed by atoms with Crippen LogP contribution in [0.1, 0.15) is 12.8 Å². The van der Waals surface area contributed by atoms with Crippen LogP contribution >= 0.6 is 12.6 Å². The zero-order valence-corrected chi connectivity index (χ0v) is 5.70. The van der Waals surface area contributed by atoms with Gasteiger partial charge in [0.2, 0.25) is 0 Å². The number of nitrogens with two attached hydrogens (primary N) is 1. The normalized spacial score (nSPS) is 36.2. The molecule has 0 atom stereocenters. The molecule has 0 unspecified atom stereocenters. The molecule has 0 heterocycles. The minimum atomic E-state index is 0.420. The van der Waals surface area contributed by atoms with E-state index in [4.69, 9.17) is 5.73 Å². The molecule has 0 bridgehead atoms. The molecule has 0 spiro atoms. The molecule has 1 aliphatic carbocycles. The number of rotatable bonds is 1. The van der Waals surface area contributed by atoms with Crippen molar-refractivity contribution in [3.05, 3.63) is 11.5 Å². The monoisotopic (exact) mass is 129 g/mol. The molecular formula is C6H11NS. The van der Waals surface area contributed by atoms with E-state index in [0.717, 1.165) is 17.7 Å². The van der Waals surface area contributed by atoms with Crippen molar-refractivity contribution in [2.24, 2.45) is 11.7 Å². The zero-order chi connectivity index (χ0) is 6.15. The highest BCUT2D eigenvalue weighted by Gasteiger charge is 2.26.